The van der Waals surface area contributed by atoms with E-state index in [0.29, 0.717) is 5.92 Å². The van der Waals surface area contributed by atoms with Crippen LogP contribution in [0.1, 0.15) is 49.5 Å². The fourth-order valence-corrected chi connectivity index (χ4v) is 3.92. The van der Waals surface area contributed by atoms with E-state index in [1.807, 2.05) is 11.4 Å². The topological polar surface area (TPSA) is 59.5 Å². The van der Waals surface area contributed by atoms with Crippen molar-refractivity contribution in [2.24, 2.45) is 11.1 Å². The maximum Gasteiger partial charge on any atom is 0.212 e. The van der Waals surface area contributed by atoms with Crippen molar-refractivity contribution < 1.29 is 0 Å². The van der Waals surface area contributed by atoms with Crippen LogP contribution in [0.25, 0.3) is 4.96 Å². The van der Waals surface area contributed by atoms with Gasteiger partial charge in [-0.2, -0.15) is 5.10 Å². The first-order valence-electron chi connectivity index (χ1n) is 7.69. The molecule has 0 aliphatic carbocycles. The Balaban J connectivity index is 0.00000176. The van der Waals surface area contributed by atoms with Gasteiger partial charge in [-0.1, -0.05) is 32.1 Å². The summed E-state index contributed by atoms with van der Waals surface area (Å²) in [6, 6.07) is 0. The summed E-state index contributed by atoms with van der Waals surface area (Å²) in [6.45, 7) is 12.6. The first kappa shape index (κ1) is 17.7. The van der Waals surface area contributed by atoms with Crippen molar-refractivity contribution in [2.45, 2.75) is 46.6 Å². The van der Waals surface area contributed by atoms with Crippen molar-refractivity contribution in [3.8, 4) is 0 Å². The van der Waals surface area contributed by atoms with Crippen LogP contribution >= 0.6 is 23.7 Å². The minimum atomic E-state index is 0. The van der Waals surface area contributed by atoms with Crippen LogP contribution < -0.4 is 5.73 Å². The average Bonchev–Trinajstić information content (AvgIpc) is 3.05. The zero-order valence-corrected chi connectivity index (χ0v) is 15.4. The zero-order valence-electron chi connectivity index (χ0n) is 13.8. The molecule has 22 heavy (non-hydrogen) atoms. The highest BCUT2D eigenvalue weighted by molar-refractivity contribution is 7.16. The summed E-state index contributed by atoms with van der Waals surface area (Å²) in [6.07, 6.45) is 1.18. The van der Waals surface area contributed by atoms with Gasteiger partial charge in [0.25, 0.3) is 0 Å². The average molecular weight is 344 g/mol. The zero-order chi connectivity index (χ0) is 15.2. The molecule has 5 nitrogen and oxygen atoms in total. The molecule has 0 bridgehead atoms. The fraction of sp³-hybridized carbons (Fsp3) is 0.733. The van der Waals surface area contributed by atoms with Gasteiger partial charge in [-0.05, 0) is 37.8 Å². The molecule has 0 radical (unpaired) electrons. The van der Waals surface area contributed by atoms with E-state index in [1.54, 1.807) is 11.3 Å². The molecule has 1 atom stereocenters. The SMILES string of the molecule is Cc1nn2c(CN3CCC(C)(CN)C3)c(C(C)C)nc2s1.Cl. The third kappa shape index (κ3) is 3.15. The normalized spacial score (nSPS) is 22.6. The Morgan fingerprint density at radius 3 is 2.73 bits per heavy atom. The summed E-state index contributed by atoms with van der Waals surface area (Å²) in [5.41, 5.74) is 8.63. The Hall–Kier alpha value is -0.690. The van der Waals surface area contributed by atoms with Gasteiger partial charge in [0.05, 0.1) is 11.4 Å². The van der Waals surface area contributed by atoms with E-state index in [1.165, 1.54) is 17.8 Å². The van der Waals surface area contributed by atoms with Crippen molar-refractivity contribution in [2.75, 3.05) is 19.6 Å². The fourth-order valence-electron chi connectivity index (χ4n) is 3.15. The van der Waals surface area contributed by atoms with Gasteiger partial charge in [-0.3, -0.25) is 4.90 Å². The second kappa shape index (κ2) is 6.43. The highest BCUT2D eigenvalue weighted by Crippen LogP contribution is 2.31. The lowest BCUT2D eigenvalue weighted by Gasteiger charge is -2.22. The number of halogens is 1. The number of nitrogens with two attached hydrogens (primary N) is 1. The maximum atomic E-state index is 5.92. The minimum absolute atomic E-state index is 0. The summed E-state index contributed by atoms with van der Waals surface area (Å²) in [7, 11) is 0. The smallest absolute Gasteiger partial charge is 0.212 e. The Bertz CT molecular complexity index is 650. The molecule has 7 heteroatoms. The number of hydrogen-bond donors (Lipinski definition) is 1. The summed E-state index contributed by atoms with van der Waals surface area (Å²) in [4.78, 5) is 8.32. The molecule has 0 saturated carbocycles. The van der Waals surface area contributed by atoms with Crippen LogP contribution in [0.15, 0.2) is 0 Å². The van der Waals surface area contributed by atoms with Crippen LogP contribution in [0, 0.1) is 12.3 Å². The summed E-state index contributed by atoms with van der Waals surface area (Å²) >= 11 is 1.67. The summed E-state index contributed by atoms with van der Waals surface area (Å²) < 4.78 is 2.05. The number of fused-ring (bicyclic) bond motifs is 1. The molecule has 124 valence electrons. The Kier molecular flexibility index (Phi) is 5.16. The maximum absolute atomic E-state index is 5.92. The lowest BCUT2D eigenvalue weighted by atomic mass is 9.90. The molecule has 1 unspecified atom stereocenters. The second-order valence-corrected chi connectivity index (χ2v) is 8.05. The Morgan fingerprint density at radius 2 is 2.14 bits per heavy atom. The second-order valence-electron chi connectivity index (χ2n) is 6.89. The van der Waals surface area contributed by atoms with Crippen LogP contribution in [0.4, 0.5) is 0 Å². The third-order valence-electron chi connectivity index (χ3n) is 4.48. The predicted octanol–water partition coefficient (Wildman–Crippen LogP) is 2.82. The van der Waals surface area contributed by atoms with E-state index in [2.05, 4.69) is 30.8 Å². The lowest BCUT2D eigenvalue weighted by molar-refractivity contribution is 0.270. The van der Waals surface area contributed by atoms with E-state index < -0.39 is 0 Å². The first-order chi connectivity index (χ1) is 9.92. The Labute approximate surface area is 142 Å². The lowest BCUT2D eigenvalue weighted by Crippen LogP contribution is -2.31. The van der Waals surface area contributed by atoms with Gasteiger partial charge in [0.2, 0.25) is 4.96 Å². The van der Waals surface area contributed by atoms with Crippen molar-refractivity contribution in [1.29, 1.82) is 0 Å². The molecule has 3 heterocycles. The third-order valence-corrected chi connectivity index (χ3v) is 5.30. The van der Waals surface area contributed by atoms with Crippen molar-refractivity contribution in [3.63, 3.8) is 0 Å². The van der Waals surface area contributed by atoms with Crippen LogP contribution in [0.5, 0.6) is 0 Å². The van der Waals surface area contributed by atoms with Gasteiger partial charge in [0, 0.05) is 13.1 Å². The molecular formula is C15H26ClN5S. The molecule has 1 fully saturated rings. The quantitative estimate of drug-likeness (QED) is 0.927. The number of imidazole rings is 1. The summed E-state index contributed by atoms with van der Waals surface area (Å²) in [5, 5.41) is 5.71. The van der Waals surface area contributed by atoms with Crippen molar-refractivity contribution >= 4 is 28.7 Å². The van der Waals surface area contributed by atoms with Crippen molar-refractivity contribution in [3.05, 3.63) is 16.4 Å². The van der Waals surface area contributed by atoms with Gasteiger partial charge in [-0.25, -0.2) is 9.50 Å². The molecule has 2 N–H and O–H groups in total. The van der Waals surface area contributed by atoms with E-state index in [-0.39, 0.29) is 17.8 Å². The first-order valence-corrected chi connectivity index (χ1v) is 8.51. The van der Waals surface area contributed by atoms with E-state index in [9.17, 15) is 0 Å². The number of aryl methyl sites for hydroxylation is 1. The van der Waals surface area contributed by atoms with Crippen LogP contribution in [-0.2, 0) is 6.54 Å². The van der Waals surface area contributed by atoms with E-state index >= 15 is 0 Å². The standard InChI is InChI=1S/C15H25N5S.ClH/c1-10(2)13-12(20-14(17-13)21-11(3)18-20)7-19-6-5-15(4,8-16)9-19;/h10H,5-9,16H2,1-4H3;1H. The number of nitrogens with zero attached hydrogens (tertiary/aromatic N) is 4. The molecule has 0 aromatic carbocycles. The highest BCUT2D eigenvalue weighted by Gasteiger charge is 2.33. The highest BCUT2D eigenvalue weighted by atomic mass is 35.5. The number of rotatable bonds is 4. The number of aromatic nitrogens is 3. The summed E-state index contributed by atoms with van der Waals surface area (Å²) in [5.74, 6) is 0.428. The van der Waals surface area contributed by atoms with Crippen molar-refractivity contribution in [1.82, 2.24) is 19.5 Å². The minimum Gasteiger partial charge on any atom is -0.330 e. The van der Waals surface area contributed by atoms with Crippen LogP contribution in [0.2, 0.25) is 0 Å². The number of likely N-dealkylation sites (tertiary alicyclic amines) is 1. The molecule has 2 aromatic rings. The van der Waals surface area contributed by atoms with Gasteiger partial charge < -0.3 is 5.73 Å². The molecule has 1 aliphatic heterocycles. The molecule has 0 spiro atoms. The van der Waals surface area contributed by atoms with E-state index in [0.717, 1.165) is 36.1 Å². The molecule has 1 aliphatic rings. The van der Waals surface area contributed by atoms with Gasteiger partial charge >= 0.3 is 0 Å². The molecular weight excluding hydrogens is 318 g/mol. The van der Waals surface area contributed by atoms with Gasteiger partial charge in [-0.15, -0.1) is 12.4 Å². The predicted molar refractivity (Wildman–Crippen MR) is 94.0 cm³/mol. The van der Waals surface area contributed by atoms with Crippen LogP contribution in [0.3, 0.4) is 0 Å². The largest absolute Gasteiger partial charge is 0.330 e. The molecule has 1 saturated heterocycles. The van der Waals surface area contributed by atoms with Gasteiger partial charge in [0.1, 0.15) is 5.01 Å². The molecule has 2 aromatic heterocycles. The monoisotopic (exact) mass is 343 g/mol. The number of hydrogen-bond acceptors (Lipinski definition) is 5. The molecule has 3 rings (SSSR count). The Morgan fingerprint density at radius 1 is 1.41 bits per heavy atom. The van der Waals surface area contributed by atoms with E-state index in [4.69, 9.17) is 10.7 Å². The van der Waals surface area contributed by atoms with Gasteiger partial charge in [0.15, 0.2) is 0 Å². The molecule has 0 amide bonds. The van der Waals surface area contributed by atoms with Crippen LogP contribution in [-0.4, -0.2) is 39.1 Å².